The molecule has 0 aliphatic carbocycles. The van der Waals surface area contributed by atoms with Crippen molar-refractivity contribution in [3.63, 3.8) is 0 Å². The van der Waals surface area contributed by atoms with Crippen LogP contribution in [0.25, 0.3) is 22.7 Å². The summed E-state index contributed by atoms with van der Waals surface area (Å²) >= 11 is 1.24. The Labute approximate surface area is 141 Å². The van der Waals surface area contributed by atoms with Gasteiger partial charge in [-0.1, -0.05) is 24.8 Å². The number of carbonyl (C=O) groups is 2. The molecule has 0 bridgehead atoms. The Morgan fingerprint density at radius 2 is 1.88 bits per heavy atom. The Morgan fingerprint density at radius 1 is 1.21 bits per heavy atom. The molecule has 1 aromatic heterocycles. The second kappa shape index (κ2) is 7.23. The predicted molar refractivity (Wildman–Crippen MR) is 94.8 cm³/mol. The fraction of sp³-hybridized carbons (Fsp3) is 0.167. The molecule has 0 spiro atoms. The molecule has 0 saturated carbocycles. The highest BCUT2D eigenvalue weighted by atomic mass is 32.1. The van der Waals surface area contributed by atoms with E-state index in [0.717, 1.165) is 0 Å². The fourth-order valence-electron chi connectivity index (χ4n) is 2.43. The van der Waals surface area contributed by atoms with E-state index in [4.69, 9.17) is 10.2 Å². The second-order valence-corrected chi connectivity index (χ2v) is 6.34. The van der Waals surface area contributed by atoms with Crippen molar-refractivity contribution >= 4 is 46.0 Å². The second-order valence-electron chi connectivity index (χ2n) is 5.23. The van der Waals surface area contributed by atoms with Crippen molar-refractivity contribution in [2.45, 2.75) is 19.8 Å². The number of carboxylic acids is 2. The summed E-state index contributed by atoms with van der Waals surface area (Å²) in [6.07, 6.45) is 4.61. The van der Waals surface area contributed by atoms with Gasteiger partial charge >= 0.3 is 11.9 Å². The summed E-state index contributed by atoms with van der Waals surface area (Å²) in [5, 5.41) is 18.8. The third-order valence-corrected chi connectivity index (χ3v) is 4.55. The molecule has 124 valence electrons. The number of hydrogen-bond acceptors (Lipinski definition) is 4. The van der Waals surface area contributed by atoms with Crippen molar-refractivity contribution in [2.24, 2.45) is 0 Å². The van der Waals surface area contributed by atoms with Crippen LogP contribution in [0.2, 0.25) is 0 Å². The number of benzene rings is 1. The number of rotatable bonds is 5. The smallest absolute Gasteiger partial charge is 0.307 e. The standard InChI is InChI=1S/C18H16O5S/c1-3-4-5-13-10(2)24-18-12(9-16(21)22)6-11(8-15(19)20)7-14(18)17(13)23/h3-7H,2,8-9H2,1H3,(H,19,20)(H,21,22)/b4-3-,13-5+. The van der Waals surface area contributed by atoms with Gasteiger partial charge in [0, 0.05) is 19.8 Å². The Hall–Kier alpha value is -2.73. The molecule has 2 rings (SSSR count). The molecule has 1 aromatic carbocycles. The SMILES string of the molecule is C=c1sc2c(CC(=O)O)cc(CC(=O)O)cc2c(=O)/c1=C/C=C\C. The zero-order valence-electron chi connectivity index (χ0n) is 13.0. The first-order valence-electron chi connectivity index (χ1n) is 7.17. The van der Waals surface area contributed by atoms with E-state index in [9.17, 15) is 14.4 Å². The molecule has 0 aliphatic heterocycles. The van der Waals surface area contributed by atoms with E-state index in [2.05, 4.69) is 6.58 Å². The molecule has 0 fully saturated rings. The summed E-state index contributed by atoms with van der Waals surface area (Å²) < 4.78 is 1.09. The van der Waals surface area contributed by atoms with Gasteiger partial charge in [-0.25, -0.2) is 0 Å². The van der Waals surface area contributed by atoms with Crippen molar-refractivity contribution in [1.29, 1.82) is 0 Å². The molecular weight excluding hydrogens is 328 g/mol. The zero-order valence-corrected chi connectivity index (χ0v) is 13.9. The quantitative estimate of drug-likeness (QED) is 0.853. The van der Waals surface area contributed by atoms with Gasteiger partial charge < -0.3 is 10.2 Å². The highest BCUT2D eigenvalue weighted by Crippen LogP contribution is 2.21. The summed E-state index contributed by atoms with van der Waals surface area (Å²) in [7, 11) is 0. The van der Waals surface area contributed by atoms with Crippen molar-refractivity contribution in [3.05, 3.63) is 55.4 Å². The average Bonchev–Trinajstić information content (AvgIpc) is 2.47. The van der Waals surface area contributed by atoms with Crippen molar-refractivity contribution in [1.82, 2.24) is 0 Å². The van der Waals surface area contributed by atoms with E-state index in [1.165, 1.54) is 23.5 Å². The van der Waals surface area contributed by atoms with Gasteiger partial charge in [-0.3, -0.25) is 14.4 Å². The van der Waals surface area contributed by atoms with Crippen LogP contribution in [0.15, 0.2) is 29.1 Å². The van der Waals surface area contributed by atoms with Crippen LogP contribution in [0.5, 0.6) is 0 Å². The first kappa shape index (κ1) is 17.6. The monoisotopic (exact) mass is 344 g/mol. The molecule has 0 saturated heterocycles. The van der Waals surface area contributed by atoms with Gasteiger partial charge in [0.15, 0.2) is 5.43 Å². The summed E-state index contributed by atoms with van der Waals surface area (Å²) in [5.74, 6) is -2.08. The molecule has 6 heteroatoms. The van der Waals surface area contributed by atoms with Crippen LogP contribution in [0.1, 0.15) is 18.1 Å². The van der Waals surface area contributed by atoms with Crippen LogP contribution >= 0.6 is 11.3 Å². The maximum absolute atomic E-state index is 12.7. The van der Waals surface area contributed by atoms with E-state index < -0.39 is 11.9 Å². The molecule has 5 nitrogen and oxygen atoms in total. The Kier molecular flexibility index (Phi) is 5.31. The molecule has 2 aromatic rings. The van der Waals surface area contributed by atoms with Gasteiger partial charge in [0.2, 0.25) is 0 Å². The topological polar surface area (TPSA) is 91.7 Å². The number of fused-ring (bicyclic) bond motifs is 1. The highest BCUT2D eigenvalue weighted by molar-refractivity contribution is 7.16. The zero-order chi connectivity index (χ0) is 17.9. The van der Waals surface area contributed by atoms with Gasteiger partial charge in [0.1, 0.15) is 0 Å². The first-order valence-corrected chi connectivity index (χ1v) is 7.99. The summed E-state index contributed by atoms with van der Waals surface area (Å²) in [6, 6.07) is 3.06. The molecule has 0 amide bonds. The van der Waals surface area contributed by atoms with Gasteiger partial charge in [-0.05, 0) is 30.2 Å². The number of hydrogen-bond donors (Lipinski definition) is 2. The lowest BCUT2D eigenvalue weighted by atomic mass is 10.0. The minimum Gasteiger partial charge on any atom is -0.481 e. The summed E-state index contributed by atoms with van der Waals surface area (Å²) in [4.78, 5) is 34.8. The Morgan fingerprint density at radius 3 is 2.46 bits per heavy atom. The molecule has 0 unspecified atom stereocenters. The van der Waals surface area contributed by atoms with Gasteiger partial charge in [-0.2, -0.15) is 0 Å². The van der Waals surface area contributed by atoms with Crippen LogP contribution in [-0.2, 0) is 22.4 Å². The van der Waals surface area contributed by atoms with Crippen LogP contribution in [0.3, 0.4) is 0 Å². The third kappa shape index (κ3) is 3.78. The fourth-order valence-corrected chi connectivity index (χ4v) is 3.47. The lowest BCUT2D eigenvalue weighted by Crippen LogP contribution is -2.36. The number of allylic oxidation sites excluding steroid dienone is 2. The minimum absolute atomic E-state index is 0.271. The summed E-state index contributed by atoms with van der Waals surface area (Å²) in [6.45, 7) is 5.71. The van der Waals surface area contributed by atoms with E-state index in [1.807, 2.05) is 6.92 Å². The Bertz CT molecular complexity index is 1010. The van der Waals surface area contributed by atoms with Crippen LogP contribution in [0.4, 0.5) is 0 Å². The van der Waals surface area contributed by atoms with Crippen molar-refractivity contribution in [3.8, 4) is 0 Å². The van der Waals surface area contributed by atoms with Crippen LogP contribution < -0.4 is 15.2 Å². The van der Waals surface area contributed by atoms with Crippen molar-refractivity contribution in [2.75, 3.05) is 0 Å². The van der Waals surface area contributed by atoms with Gasteiger partial charge in [0.05, 0.1) is 12.8 Å². The van der Waals surface area contributed by atoms with E-state index in [0.29, 0.717) is 31.0 Å². The van der Waals surface area contributed by atoms with Gasteiger partial charge in [0.25, 0.3) is 0 Å². The maximum Gasteiger partial charge on any atom is 0.307 e. The molecule has 0 aliphatic rings. The molecule has 24 heavy (non-hydrogen) atoms. The minimum atomic E-state index is -1.04. The number of aliphatic carboxylic acids is 2. The molecule has 1 heterocycles. The normalized spacial score (nSPS) is 12.1. The van der Waals surface area contributed by atoms with E-state index in [1.54, 1.807) is 18.2 Å². The number of carboxylic acid groups (broad SMARTS) is 2. The maximum atomic E-state index is 12.7. The highest BCUT2D eigenvalue weighted by Gasteiger charge is 2.13. The molecule has 0 radical (unpaired) electrons. The average molecular weight is 344 g/mol. The first-order chi connectivity index (χ1) is 11.3. The molecular formula is C18H16O5S. The van der Waals surface area contributed by atoms with Crippen molar-refractivity contribution < 1.29 is 19.8 Å². The van der Waals surface area contributed by atoms with Gasteiger partial charge in [-0.15, -0.1) is 11.3 Å². The largest absolute Gasteiger partial charge is 0.481 e. The van der Waals surface area contributed by atoms with Crippen LogP contribution in [0, 0.1) is 0 Å². The Balaban J connectivity index is 2.90. The van der Waals surface area contributed by atoms with E-state index in [-0.39, 0.29) is 18.3 Å². The molecule has 2 N–H and O–H groups in total. The third-order valence-electron chi connectivity index (χ3n) is 3.39. The summed E-state index contributed by atoms with van der Waals surface area (Å²) in [5.41, 5.74) is 0.566. The van der Waals surface area contributed by atoms with Crippen LogP contribution in [-0.4, -0.2) is 22.2 Å². The predicted octanol–water partition coefficient (Wildman–Crippen LogP) is 1.28. The lowest BCUT2D eigenvalue weighted by molar-refractivity contribution is -0.137. The lowest BCUT2D eigenvalue weighted by Gasteiger charge is -2.07. The molecule has 0 atom stereocenters. The van der Waals surface area contributed by atoms with E-state index >= 15 is 0 Å².